The van der Waals surface area contributed by atoms with Gasteiger partial charge in [0, 0.05) is 41.7 Å². The largest absolute Gasteiger partial charge is 0.423 e. The molecular formula is C26H39ClN2O2. The molecule has 0 atom stereocenters. The van der Waals surface area contributed by atoms with Crippen molar-refractivity contribution in [3.63, 3.8) is 0 Å². The number of nitrogens with zero attached hydrogens (tertiary/aromatic N) is 1. The SMILES string of the molecule is C=C(Cc1cc(=O)oc2cc(C)c(Cl)cc12)NCCN(C)CCCCCCCCCC. The van der Waals surface area contributed by atoms with Crippen molar-refractivity contribution in [3.8, 4) is 0 Å². The lowest BCUT2D eigenvalue weighted by Gasteiger charge is -2.18. The van der Waals surface area contributed by atoms with Gasteiger partial charge in [-0.15, -0.1) is 0 Å². The van der Waals surface area contributed by atoms with E-state index in [1.165, 1.54) is 57.4 Å². The Balaban J connectivity index is 1.70. The van der Waals surface area contributed by atoms with Gasteiger partial charge in [0.25, 0.3) is 0 Å². The fraction of sp³-hybridized carbons (Fsp3) is 0.577. The molecule has 0 spiro atoms. The van der Waals surface area contributed by atoms with Gasteiger partial charge in [0.15, 0.2) is 0 Å². The lowest BCUT2D eigenvalue weighted by atomic mass is 10.0. The molecule has 2 aromatic rings. The molecule has 1 aromatic carbocycles. The summed E-state index contributed by atoms with van der Waals surface area (Å²) in [5.41, 5.74) is 2.90. The number of unbranched alkanes of at least 4 members (excludes halogenated alkanes) is 7. The normalized spacial score (nSPS) is 11.4. The standard InChI is InChI=1S/C26H39ClN2O2/c1-5-6-7-8-9-10-11-12-14-29(4)15-13-28-21(3)17-22-18-26(30)31-25-16-20(2)24(27)19-23(22)25/h16,18-19,28H,3,5-15,17H2,1-2,4H3. The number of fused-ring (bicyclic) bond motifs is 1. The van der Waals surface area contributed by atoms with E-state index in [4.69, 9.17) is 16.0 Å². The Morgan fingerprint density at radius 1 is 1.06 bits per heavy atom. The maximum Gasteiger partial charge on any atom is 0.336 e. The number of hydrogen-bond donors (Lipinski definition) is 1. The van der Waals surface area contributed by atoms with Crippen LogP contribution in [-0.4, -0.2) is 31.6 Å². The van der Waals surface area contributed by atoms with Gasteiger partial charge in [0.1, 0.15) is 5.58 Å². The number of rotatable bonds is 15. The van der Waals surface area contributed by atoms with Crippen LogP contribution in [0.2, 0.25) is 5.02 Å². The van der Waals surface area contributed by atoms with E-state index < -0.39 is 0 Å². The number of likely N-dealkylation sites (N-methyl/N-ethyl adjacent to an activating group) is 1. The monoisotopic (exact) mass is 446 g/mol. The maximum atomic E-state index is 11.9. The molecule has 1 aromatic heterocycles. The minimum Gasteiger partial charge on any atom is -0.423 e. The predicted molar refractivity (Wildman–Crippen MR) is 133 cm³/mol. The third-order valence-corrected chi connectivity index (χ3v) is 6.18. The van der Waals surface area contributed by atoms with Crippen molar-refractivity contribution in [1.29, 1.82) is 0 Å². The number of hydrogen-bond acceptors (Lipinski definition) is 4. The van der Waals surface area contributed by atoms with E-state index in [2.05, 4.69) is 30.8 Å². The maximum absolute atomic E-state index is 11.9. The zero-order valence-electron chi connectivity index (χ0n) is 19.6. The Morgan fingerprint density at radius 3 is 2.45 bits per heavy atom. The van der Waals surface area contributed by atoms with Crippen LogP contribution in [0.3, 0.4) is 0 Å². The highest BCUT2D eigenvalue weighted by atomic mass is 35.5. The Bertz CT molecular complexity index is 891. The van der Waals surface area contributed by atoms with Crippen molar-refractivity contribution in [2.45, 2.75) is 71.6 Å². The van der Waals surface area contributed by atoms with Crippen molar-refractivity contribution < 1.29 is 4.42 Å². The number of nitrogens with one attached hydrogen (secondary N) is 1. The van der Waals surface area contributed by atoms with Crippen molar-refractivity contribution in [2.24, 2.45) is 0 Å². The molecule has 0 bridgehead atoms. The first-order valence-corrected chi connectivity index (χ1v) is 12.1. The highest BCUT2D eigenvalue weighted by Crippen LogP contribution is 2.26. The molecule has 0 saturated heterocycles. The smallest absolute Gasteiger partial charge is 0.336 e. The van der Waals surface area contributed by atoms with E-state index in [0.717, 1.165) is 41.8 Å². The van der Waals surface area contributed by atoms with Gasteiger partial charge in [-0.25, -0.2) is 4.79 Å². The van der Waals surface area contributed by atoms with Crippen LogP contribution in [0.1, 0.15) is 69.4 Å². The lowest BCUT2D eigenvalue weighted by Crippen LogP contribution is -2.30. The summed E-state index contributed by atoms with van der Waals surface area (Å²) in [5.74, 6) is 0. The van der Waals surface area contributed by atoms with E-state index in [-0.39, 0.29) is 5.63 Å². The molecule has 0 aliphatic carbocycles. The van der Waals surface area contributed by atoms with Gasteiger partial charge in [-0.05, 0) is 50.2 Å². The minimum atomic E-state index is -0.345. The zero-order valence-corrected chi connectivity index (χ0v) is 20.3. The molecule has 0 radical (unpaired) electrons. The van der Waals surface area contributed by atoms with Crippen molar-refractivity contribution in [3.05, 3.63) is 57.0 Å². The predicted octanol–water partition coefficient (Wildman–Crippen LogP) is 6.47. The molecular weight excluding hydrogens is 408 g/mol. The summed E-state index contributed by atoms with van der Waals surface area (Å²) in [7, 11) is 2.17. The molecule has 0 fully saturated rings. The van der Waals surface area contributed by atoms with Crippen molar-refractivity contribution in [1.82, 2.24) is 10.2 Å². The second kappa shape index (κ2) is 13.6. The molecule has 5 heteroatoms. The van der Waals surface area contributed by atoms with Gasteiger partial charge >= 0.3 is 5.63 Å². The molecule has 2 rings (SSSR count). The van der Waals surface area contributed by atoms with Gasteiger partial charge in [-0.1, -0.05) is 70.0 Å². The summed E-state index contributed by atoms with van der Waals surface area (Å²) in [6, 6.07) is 5.23. The van der Waals surface area contributed by atoms with E-state index in [9.17, 15) is 4.79 Å². The average Bonchev–Trinajstić information content (AvgIpc) is 2.71. The van der Waals surface area contributed by atoms with Gasteiger partial charge in [-0.3, -0.25) is 0 Å². The summed E-state index contributed by atoms with van der Waals surface area (Å²) in [4.78, 5) is 14.3. The first kappa shape index (κ1) is 25.5. The fourth-order valence-corrected chi connectivity index (χ4v) is 4.00. The van der Waals surface area contributed by atoms with Crippen LogP contribution in [0.5, 0.6) is 0 Å². The van der Waals surface area contributed by atoms with Crippen molar-refractivity contribution >= 4 is 22.6 Å². The highest BCUT2D eigenvalue weighted by molar-refractivity contribution is 6.32. The van der Waals surface area contributed by atoms with Crippen LogP contribution < -0.4 is 10.9 Å². The van der Waals surface area contributed by atoms with E-state index in [0.29, 0.717) is 17.0 Å². The molecule has 0 aliphatic heterocycles. The van der Waals surface area contributed by atoms with Gasteiger partial charge < -0.3 is 14.6 Å². The highest BCUT2D eigenvalue weighted by Gasteiger charge is 2.10. The summed E-state index contributed by atoms with van der Waals surface area (Å²) < 4.78 is 5.34. The fourth-order valence-electron chi connectivity index (χ4n) is 3.84. The Kier molecular flexibility index (Phi) is 11.2. The van der Waals surface area contributed by atoms with E-state index in [1.807, 2.05) is 19.1 Å². The van der Waals surface area contributed by atoms with Crippen LogP contribution in [0.25, 0.3) is 11.0 Å². The zero-order chi connectivity index (χ0) is 22.6. The quantitative estimate of drug-likeness (QED) is 0.251. The molecule has 1 N–H and O–H groups in total. The second-order valence-electron chi connectivity index (χ2n) is 8.67. The van der Waals surface area contributed by atoms with Gasteiger partial charge in [-0.2, -0.15) is 0 Å². The minimum absolute atomic E-state index is 0.345. The molecule has 0 amide bonds. The van der Waals surface area contributed by atoms with Crippen LogP contribution >= 0.6 is 11.6 Å². The van der Waals surface area contributed by atoms with E-state index >= 15 is 0 Å². The first-order valence-electron chi connectivity index (χ1n) is 11.7. The van der Waals surface area contributed by atoms with Crippen LogP contribution in [0, 0.1) is 6.92 Å². The summed E-state index contributed by atoms with van der Waals surface area (Å²) in [6.07, 6.45) is 11.4. The number of halogens is 1. The average molecular weight is 447 g/mol. The first-order chi connectivity index (χ1) is 14.9. The van der Waals surface area contributed by atoms with Gasteiger partial charge in [0.05, 0.1) is 0 Å². The van der Waals surface area contributed by atoms with Crippen LogP contribution in [-0.2, 0) is 6.42 Å². The third kappa shape index (κ3) is 9.08. The van der Waals surface area contributed by atoms with Crippen molar-refractivity contribution in [2.75, 3.05) is 26.7 Å². The molecule has 0 unspecified atom stereocenters. The molecule has 0 aliphatic rings. The Morgan fingerprint density at radius 2 is 1.74 bits per heavy atom. The molecule has 1 heterocycles. The second-order valence-corrected chi connectivity index (χ2v) is 9.08. The summed E-state index contributed by atoms with van der Waals surface area (Å²) in [5, 5.41) is 4.94. The number of aryl methyl sites for hydroxylation is 1. The summed E-state index contributed by atoms with van der Waals surface area (Å²) in [6.45, 7) is 11.2. The topological polar surface area (TPSA) is 45.5 Å². The Labute approximate surface area is 192 Å². The molecule has 4 nitrogen and oxygen atoms in total. The molecule has 31 heavy (non-hydrogen) atoms. The van der Waals surface area contributed by atoms with Crippen LogP contribution in [0.15, 0.2) is 39.7 Å². The van der Waals surface area contributed by atoms with Crippen LogP contribution in [0.4, 0.5) is 0 Å². The summed E-state index contributed by atoms with van der Waals surface area (Å²) >= 11 is 6.28. The van der Waals surface area contributed by atoms with Gasteiger partial charge in [0.2, 0.25) is 0 Å². The third-order valence-electron chi connectivity index (χ3n) is 5.78. The lowest BCUT2D eigenvalue weighted by molar-refractivity contribution is 0.325. The van der Waals surface area contributed by atoms with E-state index in [1.54, 1.807) is 0 Å². The molecule has 172 valence electrons. The number of benzene rings is 1. The Hall–Kier alpha value is -1.78. The number of allylic oxidation sites excluding steroid dienone is 1. The molecule has 0 saturated carbocycles.